The van der Waals surface area contributed by atoms with E-state index in [0.717, 1.165) is 11.1 Å². The van der Waals surface area contributed by atoms with Crippen molar-refractivity contribution in [3.63, 3.8) is 0 Å². The van der Waals surface area contributed by atoms with Crippen molar-refractivity contribution in [1.29, 1.82) is 0 Å². The van der Waals surface area contributed by atoms with Crippen LogP contribution in [0.5, 0.6) is 11.5 Å². The maximum Gasteiger partial charge on any atom is 0.357 e. The number of aryl methyl sites for hydroxylation is 1. The molecule has 0 bridgehead atoms. The van der Waals surface area contributed by atoms with Gasteiger partial charge < -0.3 is 18.9 Å². The Balaban J connectivity index is 1.80. The lowest BCUT2D eigenvalue weighted by atomic mass is 10.0. The fourth-order valence-electron chi connectivity index (χ4n) is 3.85. The van der Waals surface area contributed by atoms with Gasteiger partial charge in [0.15, 0.2) is 17.2 Å². The molecule has 0 spiro atoms. The molecule has 0 saturated heterocycles. The maximum absolute atomic E-state index is 12.9. The Bertz CT molecular complexity index is 1390. The van der Waals surface area contributed by atoms with E-state index in [1.165, 1.54) is 26.0 Å². The number of nitrogens with zero attached hydrogens (tertiary/aromatic N) is 2. The molecule has 0 aliphatic heterocycles. The third-order valence-corrected chi connectivity index (χ3v) is 5.57. The molecule has 0 aliphatic carbocycles. The Morgan fingerprint density at radius 1 is 0.833 bits per heavy atom. The number of methoxy groups -OCH3 is 3. The maximum atomic E-state index is 12.9. The van der Waals surface area contributed by atoms with Crippen LogP contribution in [0.1, 0.15) is 32.0 Å². The van der Waals surface area contributed by atoms with Crippen molar-refractivity contribution < 1.29 is 28.5 Å². The molecule has 1 heterocycles. The van der Waals surface area contributed by atoms with E-state index < -0.39 is 11.9 Å². The molecule has 0 N–H and O–H groups in total. The predicted molar refractivity (Wildman–Crippen MR) is 134 cm³/mol. The molecule has 36 heavy (non-hydrogen) atoms. The minimum Gasteiger partial charge on any atom is -0.493 e. The van der Waals surface area contributed by atoms with Crippen LogP contribution in [-0.2, 0) is 16.1 Å². The summed E-state index contributed by atoms with van der Waals surface area (Å²) >= 11 is 0. The number of rotatable bonds is 8. The van der Waals surface area contributed by atoms with Gasteiger partial charge in [-0.05, 0) is 42.8 Å². The number of carbonyl (C=O) groups excluding carboxylic acids is 2. The van der Waals surface area contributed by atoms with Gasteiger partial charge in [-0.15, -0.1) is 0 Å². The van der Waals surface area contributed by atoms with E-state index in [4.69, 9.17) is 18.9 Å². The van der Waals surface area contributed by atoms with Gasteiger partial charge >= 0.3 is 11.9 Å². The fourth-order valence-corrected chi connectivity index (χ4v) is 3.85. The molecular formula is C28H26N2O6. The van der Waals surface area contributed by atoms with Crippen molar-refractivity contribution >= 4 is 11.9 Å². The highest BCUT2D eigenvalue weighted by molar-refractivity contribution is 6.06. The van der Waals surface area contributed by atoms with E-state index in [2.05, 4.69) is 5.10 Å². The largest absolute Gasteiger partial charge is 0.493 e. The second-order valence-electron chi connectivity index (χ2n) is 7.95. The number of para-hydroxylation sites is 1. The molecule has 0 saturated carbocycles. The lowest BCUT2D eigenvalue weighted by molar-refractivity contribution is 0.0549. The third-order valence-electron chi connectivity index (χ3n) is 5.57. The molecule has 0 radical (unpaired) electrons. The molecule has 184 valence electrons. The van der Waals surface area contributed by atoms with Crippen LogP contribution in [0, 0.1) is 6.92 Å². The molecule has 0 unspecified atom stereocenters. The van der Waals surface area contributed by atoms with Crippen LogP contribution < -0.4 is 9.47 Å². The Labute approximate surface area is 209 Å². The second kappa shape index (κ2) is 10.8. The van der Waals surface area contributed by atoms with E-state index in [1.54, 1.807) is 42.5 Å². The lowest BCUT2D eigenvalue weighted by Crippen LogP contribution is -2.15. The van der Waals surface area contributed by atoms with E-state index >= 15 is 0 Å². The van der Waals surface area contributed by atoms with Crippen LogP contribution in [0.4, 0.5) is 0 Å². The van der Waals surface area contributed by atoms with E-state index in [-0.39, 0.29) is 17.0 Å². The number of benzene rings is 3. The van der Waals surface area contributed by atoms with Crippen molar-refractivity contribution in [1.82, 2.24) is 9.78 Å². The third kappa shape index (κ3) is 4.93. The SMILES string of the molecule is COC(=O)c1c(-c2ccc(OCc3cccc(C)c3)c(OC)c2)nn(-c2ccccc2)c1C(=O)OC. The van der Waals surface area contributed by atoms with Gasteiger partial charge in [0.2, 0.25) is 0 Å². The van der Waals surface area contributed by atoms with Gasteiger partial charge in [-0.2, -0.15) is 5.10 Å². The summed E-state index contributed by atoms with van der Waals surface area (Å²) in [5, 5.41) is 4.62. The van der Waals surface area contributed by atoms with Crippen LogP contribution in [0.15, 0.2) is 72.8 Å². The minimum atomic E-state index is -0.719. The Hall–Kier alpha value is -4.59. The number of esters is 2. The zero-order chi connectivity index (χ0) is 25.7. The first-order chi connectivity index (χ1) is 17.5. The molecule has 3 aromatic carbocycles. The quantitative estimate of drug-likeness (QED) is 0.324. The summed E-state index contributed by atoms with van der Waals surface area (Å²) in [5.41, 5.74) is 3.49. The summed E-state index contributed by atoms with van der Waals surface area (Å²) in [6, 6.07) is 22.2. The average molecular weight is 487 g/mol. The summed E-state index contributed by atoms with van der Waals surface area (Å²) in [7, 11) is 4.02. The zero-order valence-corrected chi connectivity index (χ0v) is 20.5. The number of aromatic nitrogens is 2. The first-order valence-corrected chi connectivity index (χ1v) is 11.2. The van der Waals surface area contributed by atoms with E-state index in [0.29, 0.717) is 29.4 Å². The number of carbonyl (C=O) groups is 2. The molecule has 1 aromatic heterocycles. The Morgan fingerprint density at radius 2 is 1.58 bits per heavy atom. The van der Waals surface area contributed by atoms with Gasteiger partial charge in [-0.3, -0.25) is 0 Å². The van der Waals surface area contributed by atoms with Crippen molar-refractivity contribution in [2.45, 2.75) is 13.5 Å². The molecule has 0 aliphatic rings. The Kier molecular flexibility index (Phi) is 7.34. The molecule has 0 atom stereocenters. The summed E-state index contributed by atoms with van der Waals surface area (Å²) in [5.74, 6) is -0.461. The monoisotopic (exact) mass is 486 g/mol. The van der Waals surface area contributed by atoms with Crippen LogP contribution >= 0.6 is 0 Å². The molecular weight excluding hydrogens is 460 g/mol. The molecule has 4 aromatic rings. The van der Waals surface area contributed by atoms with Crippen molar-refractivity contribution in [3.8, 4) is 28.4 Å². The number of hydrogen-bond donors (Lipinski definition) is 0. The summed E-state index contributed by atoms with van der Waals surface area (Å²) in [4.78, 5) is 25.6. The Morgan fingerprint density at radius 3 is 2.25 bits per heavy atom. The lowest BCUT2D eigenvalue weighted by Gasteiger charge is -2.12. The van der Waals surface area contributed by atoms with Crippen LogP contribution in [0.3, 0.4) is 0 Å². The van der Waals surface area contributed by atoms with Gasteiger partial charge in [-0.25, -0.2) is 14.3 Å². The topological polar surface area (TPSA) is 88.9 Å². The molecule has 8 heteroatoms. The first kappa shape index (κ1) is 24.5. The van der Waals surface area contributed by atoms with E-state index in [9.17, 15) is 9.59 Å². The second-order valence-corrected chi connectivity index (χ2v) is 7.95. The number of ether oxygens (including phenoxy) is 4. The van der Waals surface area contributed by atoms with Crippen LogP contribution in [0.2, 0.25) is 0 Å². The van der Waals surface area contributed by atoms with Gasteiger partial charge in [0.05, 0.1) is 27.0 Å². The van der Waals surface area contributed by atoms with Gasteiger partial charge in [0.25, 0.3) is 0 Å². The van der Waals surface area contributed by atoms with Crippen LogP contribution in [0.25, 0.3) is 16.9 Å². The minimum absolute atomic E-state index is 0.0105. The highest BCUT2D eigenvalue weighted by Crippen LogP contribution is 2.36. The van der Waals surface area contributed by atoms with Crippen molar-refractivity contribution in [2.75, 3.05) is 21.3 Å². The standard InChI is InChI=1S/C28H26N2O6/c1-18-9-8-10-19(15-18)17-36-22-14-13-20(16-23(22)33-2)25-24(27(31)34-3)26(28(32)35-4)30(29-25)21-11-6-5-7-12-21/h5-16H,17H2,1-4H3. The van der Waals surface area contributed by atoms with Crippen LogP contribution in [-0.4, -0.2) is 43.0 Å². The first-order valence-electron chi connectivity index (χ1n) is 11.2. The molecule has 4 rings (SSSR count). The highest BCUT2D eigenvalue weighted by atomic mass is 16.5. The number of hydrogen-bond acceptors (Lipinski definition) is 7. The average Bonchev–Trinajstić information content (AvgIpc) is 3.32. The predicted octanol–water partition coefficient (Wildman–Crippen LogP) is 5.01. The van der Waals surface area contributed by atoms with Crippen molar-refractivity contribution in [3.05, 3.63) is 95.2 Å². The van der Waals surface area contributed by atoms with Gasteiger partial charge in [0.1, 0.15) is 17.9 Å². The molecule has 0 fully saturated rings. The normalized spacial score (nSPS) is 10.6. The van der Waals surface area contributed by atoms with Gasteiger partial charge in [-0.1, -0.05) is 48.0 Å². The fraction of sp³-hybridized carbons (Fsp3) is 0.179. The molecule has 8 nitrogen and oxygen atoms in total. The summed E-state index contributed by atoms with van der Waals surface area (Å²) in [6.07, 6.45) is 0. The van der Waals surface area contributed by atoms with Gasteiger partial charge in [0, 0.05) is 5.56 Å². The highest BCUT2D eigenvalue weighted by Gasteiger charge is 2.31. The van der Waals surface area contributed by atoms with E-state index in [1.807, 2.05) is 37.3 Å². The summed E-state index contributed by atoms with van der Waals surface area (Å²) < 4.78 is 22.9. The smallest absolute Gasteiger partial charge is 0.357 e. The zero-order valence-electron chi connectivity index (χ0n) is 20.5. The molecule has 0 amide bonds. The summed E-state index contributed by atoms with van der Waals surface area (Å²) in [6.45, 7) is 2.38. The van der Waals surface area contributed by atoms with Crippen molar-refractivity contribution in [2.24, 2.45) is 0 Å².